The van der Waals surface area contributed by atoms with Gasteiger partial charge in [-0.05, 0) is 31.4 Å². The van der Waals surface area contributed by atoms with Crippen LogP contribution in [0.1, 0.15) is 37.7 Å². The van der Waals surface area contributed by atoms with E-state index in [-0.39, 0.29) is 4.21 Å². The van der Waals surface area contributed by atoms with Crippen LogP contribution in [0.3, 0.4) is 0 Å². The number of aliphatic hydroxyl groups is 1. The largest absolute Gasteiger partial charge is 0.391 e. The number of hydrogen-bond donors (Lipinski definition) is 2. The second-order valence-electron chi connectivity index (χ2n) is 4.96. The standard InChI is InChI=1S/C12H18ClNO3S2/c1-8-7-11(18-12(8)13)19(16,17)14-9-5-3-2-4-6-10(9)15/h7,9-10,14-15H,2-6H2,1H3. The number of rotatable bonds is 3. The summed E-state index contributed by atoms with van der Waals surface area (Å²) in [6.45, 7) is 1.78. The minimum absolute atomic E-state index is 0.214. The summed E-state index contributed by atoms with van der Waals surface area (Å²) in [6.07, 6.45) is 3.65. The summed E-state index contributed by atoms with van der Waals surface area (Å²) in [4.78, 5) is 0. The highest BCUT2D eigenvalue weighted by Crippen LogP contribution is 2.30. The zero-order valence-corrected chi connectivity index (χ0v) is 13.1. The molecule has 0 bridgehead atoms. The van der Waals surface area contributed by atoms with Crippen LogP contribution in [-0.4, -0.2) is 25.7 Å². The van der Waals surface area contributed by atoms with Gasteiger partial charge in [0.25, 0.3) is 0 Å². The Hall–Kier alpha value is -0.140. The molecule has 0 spiro atoms. The highest BCUT2D eigenvalue weighted by atomic mass is 35.5. The normalized spacial score (nSPS) is 25.2. The van der Waals surface area contributed by atoms with Gasteiger partial charge >= 0.3 is 0 Å². The molecule has 7 heteroatoms. The van der Waals surface area contributed by atoms with Crippen molar-refractivity contribution in [2.75, 3.05) is 0 Å². The van der Waals surface area contributed by atoms with Gasteiger partial charge in [-0.25, -0.2) is 13.1 Å². The van der Waals surface area contributed by atoms with Crippen molar-refractivity contribution in [3.63, 3.8) is 0 Å². The molecule has 1 aromatic rings. The number of halogens is 1. The Balaban J connectivity index is 2.16. The summed E-state index contributed by atoms with van der Waals surface area (Å²) in [7, 11) is -3.59. The molecule has 2 unspecified atom stereocenters. The van der Waals surface area contributed by atoms with E-state index in [0.29, 0.717) is 17.2 Å². The van der Waals surface area contributed by atoms with Crippen molar-refractivity contribution in [3.8, 4) is 0 Å². The van der Waals surface area contributed by atoms with Crippen molar-refractivity contribution in [1.29, 1.82) is 0 Å². The summed E-state index contributed by atoms with van der Waals surface area (Å²) in [5.74, 6) is 0. The minimum atomic E-state index is -3.59. The van der Waals surface area contributed by atoms with Crippen LogP contribution in [0.15, 0.2) is 10.3 Å². The maximum absolute atomic E-state index is 12.3. The monoisotopic (exact) mass is 323 g/mol. The predicted molar refractivity (Wildman–Crippen MR) is 77.3 cm³/mol. The fraction of sp³-hybridized carbons (Fsp3) is 0.667. The molecule has 1 saturated carbocycles. The molecule has 0 amide bonds. The third kappa shape index (κ3) is 3.70. The molecule has 0 aliphatic heterocycles. The minimum Gasteiger partial charge on any atom is -0.391 e. The molecule has 0 aromatic carbocycles. The summed E-state index contributed by atoms with van der Waals surface area (Å²) >= 11 is 6.96. The van der Waals surface area contributed by atoms with Crippen molar-refractivity contribution in [2.24, 2.45) is 0 Å². The Labute approximate surface area is 122 Å². The lowest BCUT2D eigenvalue weighted by atomic mass is 10.1. The van der Waals surface area contributed by atoms with Crippen molar-refractivity contribution < 1.29 is 13.5 Å². The molecule has 1 aliphatic rings. The molecule has 0 radical (unpaired) electrons. The smallest absolute Gasteiger partial charge is 0.250 e. The summed E-state index contributed by atoms with van der Waals surface area (Å²) < 4.78 is 27.8. The fourth-order valence-corrected chi connectivity index (χ4v) is 5.28. The lowest BCUT2D eigenvalue weighted by Crippen LogP contribution is -2.42. The van der Waals surface area contributed by atoms with Crippen molar-refractivity contribution in [1.82, 2.24) is 4.72 Å². The Kier molecular flexibility index (Phi) is 4.89. The van der Waals surface area contributed by atoms with Crippen LogP contribution in [0.2, 0.25) is 4.34 Å². The number of hydrogen-bond acceptors (Lipinski definition) is 4. The molecule has 0 saturated heterocycles. The summed E-state index contributed by atoms with van der Waals surface area (Å²) in [6, 6.07) is 1.17. The SMILES string of the molecule is Cc1cc(S(=O)(=O)NC2CCCCCC2O)sc1Cl. The second kappa shape index (κ2) is 6.10. The molecule has 1 heterocycles. The van der Waals surface area contributed by atoms with Crippen LogP contribution in [-0.2, 0) is 10.0 Å². The zero-order chi connectivity index (χ0) is 14.0. The molecular formula is C12H18ClNO3S2. The molecule has 1 aromatic heterocycles. The second-order valence-corrected chi connectivity index (χ2v) is 8.55. The third-order valence-corrected chi connectivity index (χ3v) is 6.90. The first-order valence-electron chi connectivity index (χ1n) is 6.36. The predicted octanol–water partition coefficient (Wildman–Crippen LogP) is 2.68. The van der Waals surface area contributed by atoms with E-state index in [2.05, 4.69) is 4.72 Å². The van der Waals surface area contributed by atoms with Gasteiger partial charge < -0.3 is 5.11 Å². The molecule has 4 nitrogen and oxygen atoms in total. The molecular weight excluding hydrogens is 306 g/mol. The van der Waals surface area contributed by atoms with E-state index in [1.807, 2.05) is 0 Å². The van der Waals surface area contributed by atoms with E-state index in [1.54, 1.807) is 13.0 Å². The molecule has 108 valence electrons. The highest BCUT2D eigenvalue weighted by Gasteiger charge is 2.28. The Morgan fingerprint density at radius 2 is 2.05 bits per heavy atom. The van der Waals surface area contributed by atoms with Gasteiger partial charge in [0.05, 0.1) is 10.4 Å². The quantitative estimate of drug-likeness (QED) is 0.840. The van der Waals surface area contributed by atoms with Crippen molar-refractivity contribution in [3.05, 3.63) is 16.0 Å². The molecule has 2 atom stereocenters. The summed E-state index contributed by atoms with van der Waals surface area (Å²) in [5.41, 5.74) is 0.758. The van der Waals surface area contributed by atoms with Crippen LogP contribution < -0.4 is 4.72 Å². The first-order valence-corrected chi connectivity index (χ1v) is 9.04. The van der Waals surface area contributed by atoms with Gasteiger partial charge in [0.2, 0.25) is 10.0 Å². The Morgan fingerprint density at radius 1 is 1.37 bits per heavy atom. The van der Waals surface area contributed by atoms with Crippen LogP contribution >= 0.6 is 22.9 Å². The average Bonchev–Trinajstić information content (AvgIpc) is 2.55. The molecule has 1 aliphatic carbocycles. The average molecular weight is 324 g/mol. The van der Waals surface area contributed by atoms with E-state index in [9.17, 15) is 13.5 Å². The lowest BCUT2D eigenvalue weighted by Gasteiger charge is -2.21. The van der Waals surface area contributed by atoms with E-state index < -0.39 is 22.2 Å². The van der Waals surface area contributed by atoms with E-state index in [0.717, 1.165) is 36.2 Å². The lowest BCUT2D eigenvalue weighted by molar-refractivity contribution is 0.130. The van der Waals surface area contributed by atoms with Gasteiger partial charge in [0.1, 0.15) is 4.21 Å². The van der Waals surface area contributed by atoms with E-state index in [4.69, 9.17) is 11.6 Å². The number of nitrogens with one attached hydrogen (secondary N) is 1. The van der Waals surface area contributed by atoms with E-state index >= 15 is 0 Å². The van der Waals surface area contributed by atoms with Gasteiger partial charge in [-0.1, -0.05) is 30.9 Å². The number of sulfonamides is 1. The molecule has 2 N–H and O–H groups in total. The topological polar surface area (TPSA) is 66.4 Å². The first kappa shape index (κ1) is 15.3. The zero-order valence-electron chi connectivity index (χ0n) is 10.7. The number of aryl methyl sites for hydroxylation is 1. The number of thiophene rings is 1. The van der Waals surface area contributed by atoms with Gasteiger partial charge in [0, 0.05) is 6.04 Å². The third-order valence-electron chi connectivity index (χ3n) is 3.39. The first-order chi connectivity index (χ1) is 8.90. The fourth-order valence-electron chi connectivity index (χ4n) is 2.25. The maximum Gasteiger partial charge on any atom is 0.250 e. The van der Waals surface area contributed by atoms with Crippen LogP contribution in [0.25, 0.3) is 0 Å². The Morgan fingerprint density at radius 3 is 2.68 bits per heavy atom. The van der Waals surface area contributed by atoms with Crippen LogP contribution in [0.4, 0.5) is 0 Å². The van der Waals surface area contributed by atoms with Gasteiger partial charge in [-0.15, -0.1) is 11.3 Å². The Bertz CT molecular complexity index is 522. The highest BCUT2D eigenvalue weighted by molar-refractivity contribution is 7.91. The molecule has 2 rings (SSSR count). The molecule has 1 fully saturated rings. The van der Waals surface area contributed by atoms with Gasteiger partial charge in [-0.3, -0.25) is 0 Å². The molecule has 19 heavy (non-hydrogen) atoms. The van der Waals surface area contributed by atoms with Crippen molar-refractivity contribution >= 4 is 33.0 Å². The van der Waals surface area contributed by atoms with Crippen molar-refractivity contribution in [2.45, 2.75) is 55.4 Å². The van der Waals surface area contributed by atoms with Crippen LogP contribution in [0, 0.1) is 6.92 Å². The van der Waals surface area contributed by atoms with E-state index in [1.165, 1.54) is 0 Å². The maximum atomic E-state index is 12.3. The van der Waals surface area contributed by atoms with Gasteiger partial charge in [0.15, 0.2) is 0 Å². The van der Waals surface area contributed by atoms with Crippen LogP contribution in [0.5, 0.6) is 0 Å². The number of aliphatic hydroxyl groups excluding tert-OH is 1. The summed E-state index contributed by atoms with van der Waals surface area (Å²) in [5, 5.41) is 9.97. The van der Waals surface area contributed by atoms with Gasteiger partial charge in [-0.2, -0.15) is 0 Å².